The summed E-state index contributed by atoms with van der Waals surface area (Å²) in [7, 11) is 0. The summed E-state index contributed by atoms with van der Waals surface area (Å²) in [6, 6.07) is 2.12. The molecule has 1 aromatic rings. The van der Waals surface area contributed by atoms with Crippen molar-refractivity contribution in [3.8, 4) is 0 Å². The Morgan fingerprint density at radius 2 is 2.38 bits per heavy atom. The molecule has 2 rings (SSSR count). The van der Waals surface area contributed by atoms with Crippen molar-refractivity contribution in [1.82, 2.24) is 15.1 Å². The number of hydrogen-bond acceptors (Lipinski definition) is 3. The molecule has 0 spiro atoms. The van der Waals surface area contributed by atoms with Gasteiger partial charge in [-0.15, -0.1) is 0 Å². The number of aliphatic hydroxyl groups is 1. The van der Waals surface area contributed by atoms with Gasteiger partial charge in [0.15, 0.2) is 0 Å². The van der Waals surface area contributed by atoms with Gasteiger partial charge in [0.2, 0.25) is 0 Å². The van der Waals surface area contributed by atoms with Crippen molar-refractivity contribution in [2.24, 2.45) is 0 Å². The van der Waals surface area contributed by atoms with Crippen LogP contribution in [0.25, 0.3) is 0 Å². The van der Waals surface area contributed by atoms with Crippen LogP contribution < -0.4 is 5.32 Å². The zero-order valence-corrected chi connectivity index (χ0v) is 10.2. The number of nitrogens with zero attached hydrogens (tertiary/aromatic N) is 2. The predicted octanol–water partition coefficient (Wildman–Crippen LogP) is 0.732. The minimum Gasteiger partial charge on any atom is -0.388 e. The first-order chi connectivity index (χ1) is 7.67. The molecule has 1 aromatic heterocycles. The first kappa shape index (κ1) is 11.6. The van der Waals surface area contributed by atoms with Gasteiger partial charge in [-0.25, -0.2) is 0 Å². The third-order valence-corrected chi connectivity index (χ3v) is 3.31. The molecule has 2 heterocycles. The van der Waals surface area contributed by atoms with Crippen molar-refractivity contribution in [2.45, 2.75) is 45.3 Å². The summed E-state index contributed by atoms with van der Waals surface area (Å²) in [6.45, 7) is 6.68. The molecule has 0 radical (unpaired) electrons. The van der Waals surface area contributed by atoms with E-state index in [0.717, 1.165) is 37.3 Å². The summed E-state index contributed by atoms with van der Waals surface area (Å²) in [5.41, 5.74) is 1.70. The molecule has 1 aliphatic rings. The molecule has 90 valence electrons. The number of aryl methyl sites for hydroxylation is 2. The Labute approximate surface area is 96.7 Å². The van der Waals surface area contributed by atoms with E-state index in [1.165, 1.54) is 0 Å². The minimum absolute atomic E-state index is 0.571. The molecule has 16 heavy (non-hydrogen) atoms. The molecule has 0 bridgehead atoms. The third kappa shape index (κ3) is 2.28. The lowest BCUT2D eigenvalue weighted by molar-refractivity contribution is 0.0597. The zero-order chi connectivity index (χ0) is 11.6. The standard InChI is InChI=1S/C12H21N3O/c1-3-10-7-11(15(4-2)14-10)8-12(16)5-6-13-9-12/h7,13,16H,3-6,8-9H2,1-2H3. The van der Waals surface area contributed by atoms with Crippen LogP contribution in [0, 0.1) is 0 Å². The lowest BCUT2D eigenvalue weighted by atomic mass is 9.96. The van der Waals surface area contributed by atoms with Crippen LogP contribution in [-0.4, -0.2) is 33.6 Å². The summed E-state index contributed by atoms with van der Waals surface area (Å²) in [6.07, 6.45) is 2.50. The maximum Gasteiger partial charge on any atom is 0.0838 e. The van der Waals surface area contributed by atoms with Gasteiger partial charge in [-0.1, -0.05) is 6.92 Å². The summed E-state index contributed by atoms with van der Waals surface area (Å²) < 4.78 is 2.01. The van der Waals surface area contributed by atoms with Crippen LogP contribution in [0.3, 0.4) is 0 Å². The van der Waals surface area contributed by atoms with E-state index in [-0.39, 0.29) is 0 Å². The Kier molecular flexibility index (Phi) is 3.30. The maximum atomic E-state index is 10.3. The van der Waals surface area contributed by atoms with Crippen LogP contribution in [0.2, 0.25) is 0 Å². The Morgan fingerprint density at radius 1 is 1.56 bits per heavy atom. The smallest absolute Gasteiger partial charge is 0.0838 e. The predicted molar refractivity (Wildman–Crippen MR) is 63.4 cm³/mol. The van der Waals surface area contributed by atoms with Crippen LogP contribution >= 0.6 is 0 Å². The highest BCUT2D eigenvalue weighted by Crippen LogP contribution is 2.21. The Hall–Kier alpha value is -0.870. The van der Waals surface area contributed by atoms with Crippen molar-refractivity contribution in [3.63, 3.8) is 0 Å². The molecule has 1 unspecified atom stereocenters. The first-order valence-electron chi connectivity index (χ1n) is 6.15. The van der Waals surface area contributed by atoms with Crippen molar-refractivity contribution in [1.29, 1.82) is 0 Å². The van der Waals surface area contributed by atoms with E-state index in [4.69, 9.17) is 0 Å². The van der Waals surface area contributed by atoms with E-state index in [1.54, 1.807) is 0 Å². The molecular formula is C12H21N3O. The van der Waals surface area contributed by atoms with Crippen LogP contribution in [0.5, 0.6) is 0 Å². The molecule has 1 fully saturated rings. The van der Waals surface area contributed by atoms with Crippen molar-refractivity contribution in [3.05, 3.63) is 17.5 Å². The second kappa shape index (κ2) is 4.55. The number of rotatable bonds is 4. The molecule has 2 N–H and O–H groups in total. The Bertz CT molecular complexity index is 353. The largest absolute Gasteiger partial charge is 0.388 e. The highest BCUT2D eigenvalue weighted by Gasteiger charge is 2.32. The second-order valence-electron chi connectivity index (χ2n) is 4.62. The fraction of sp³-hybridized carbons (Fsp3) is 0.750. The molecule has 1 atom stereocenters. The van der Waals surface area contributed by atoms with E-state index >= 15 is 0 Å². The Morgan fingerprint density at radius 3 is 2.94 bits per heavy atom. The third-order valence-electron chi connectivity index (χ3n) is 3.31. The lowest BCUT2D eigenvalue weighted by Crippen LogP contribution is -2.34. The number of β-amino-alcohol motifs (C(OH)–C–C–N with tert-alkyl or cyclic N) is 1. The van der Waals surface area contributed by atoms with E-state index in [0.29, 0.717) is 13.0 Å². The fourth-order valence-corrected chi connectivity index (χ4v) is 2.32. The summed E-state index contributed by atoms with van der Waals surface area (Å²) in [4.78, 5) is 0. The topological polar surface area (TPSA) is 50.1 Å². The van der Waals surface area contributed by atoms with Gasteiger partial charge < -0.3 is 10.4 Å². The van der Waals surface area contributed by atoms with Crippen molar-refractivity contribution >= 4 is 0 Å². The highest BCUT2D eigenvalue weighted by molar-refractivity contribution is 5.14. The van der Waals surface area contributed by atoms with Gasteiger partial charge in [0.1, 0.15) is 0 Å². The van der Waals surface area contributed by atoms with Gasteiger partial charge in [0, 0.05) is 25.2 Å². The molecule has 0 aromatic carbocycles. The van der Waals surface area contributed by atoms with Gasteiger partial charge in [-0.2, -0.15) is 5.10 Å². The van der Waals surface area contributed by atoms with Crippen molar-refractivity contribution in [2.75, 3.05) is 13.1 Å². The normalized spacial score (nSPS) is 25.2. The first-order valence-corrected chi connectivity index (χ1v) is 6.15. The average Bonchev–Trinajstić information content (AvgIpc) is 2.85. The van der Waals surface area contributed by atoms with Gasteiger partial charge in [0.05, 0.1) is 11.3 Å². The van der Waals surface area contributed by atoms with Crippen LogP contribution in [0.1, 0.15) is 31.7 Å². The number of hydrogen-bond donors (Lipinski definition) is 2. The van der Waals surface area contributed by atoms with E-state index < -0.39 is 5.60 Å². The highest BCUT2D eigenvalue weighted by atomic mass is 16.3. The Balaban J connectivity index is 2.16. The summed E-state index contributed by atoms with van der Waals surface area (Å²) in [5, 5.41) is 18.1. The minimum atomic E-state index is -0.571. The van der Waals surface area contributed by atoms with Crippen LogP contribution in [-0.2, 0) is 19.4 Å². The van der Waals surface area contributed by atoms with Crippen LogP contribution in [0.15, 0.2) is 6.07 Å². The SMILES string of the molecule is CCc1cc(CC2(O)CCNC2)n(CC)n1. The molecule has 0 aliphatic carbocycles. The monoisotopic (exact) mass is 223 g/mol. The van der Waals surface area contributed by atoms with E-state index in [9.17, 15) is 5.11 Å². The van der Waals surface area contributed by atoms with Gasteiger partial charge in [-0.05, 0) is 32.4 Å². The second-order valence-corrected chi connectivity index (χ2v) is 4.62. The summed E-state index contributed by atoms with van der Waals surface area (Å²) in [5.74, 6) is 0. The van der Waals surface area contributed by atoms with E-state index in [1.807, 2.05) is 4.68 Å². The fourth-order valence-electron chi connectivity index (χ4n) is 2.32. The molecule has 4 nitrogen and oxygen atoms in total. The molecular weight excluding hydrogens is 202 g/mol. The molecule has 4 heteroatoms. The summed E-state index contributed by atoms with van der Waals surface area (Å²) >= 11 is 0. The average molecular weight is 223 g/mol. The maximum absolute atomic E-state index is 10.3. The van der Waals surface area contributed by atoms with Crippen LogP contribution in [0.4, 0.5) is 0 Å². The quantitative estimate of drug-likeness (QED) is 0.791. The van der Waals surface area contributed by atoms with Gasteiger partial charge in [0.25, 0.3) is 0 Å². The lowest BCUT2D eigenvalue weighted by Gasteiger charge is -2.21. The van der Waals surface area contributed by atoms with Gasteiger partial charge >= 0.3 is 0 Å². The molecule has 1 saturated heterocycles. The van der Waals surface area contributed by atoms with Gasteiger partial charge in [-0.3, -0.25) is 4.68 Å². The molecule has 0 saturated carbocycles. The molecule has 0 amide bonds. The number of aromatic nitrogens is 2. The molecule has 1 aliphatic heterocycles. The van der Waals surface area contributed by atoms with E-state index in [2.05, 4.69) is 30.3 Å². The zero-order valence-electron chi connectivity index (χ0n) is 10.2. The number of nitrogens with one attached hydrogen (secondary N) is 1. The van der Waals surface area contributed by atoms with Crippen molar-refractivity contribution < 1.29 is 5.11 Å².